The van der Waals surface area contributed by atoms with Crippen molar-refractivity contribution in [2.45, 2.75) is 51.7 Å². The van der Waals surface area contributed by atoms with Crippen LogP contribution in [-0.4, -0.2) is 55.0 Å². The number of hydrogen-bond donors (Lipinski definition) is 1. The third-order valence-corrected chi connectivity index (χ3v) is 4.45. The van der Waals surface area contributed by atoms with E-state index in [0.29, 0.717) is 43.4 Å². The van der Waals surface area contributed by atoms with Crippen LogP contribution in [0.25, 0.3) is 0 Å². The summed E-state index contributed by atoms with van der Waals surface area (Å²) in [6.45, 7) is 6.84. The molecule has 28 heavy (non-hydrogen) atoms. The van der Waals surface area contributed by atoms with Gasteiger partial charge < -0.3 is 24.3 Å². The summed E-state index contributed by atoms with van der Waals surface area (Å²) in [7, 11) is 0. The number of nitrogens with one attached hydrogen (secondary N) is 1. The summed E-state index contributed by atoms with van der Waals surface area (Å²) < 4.78 is 21.7. The van der Waals surface area contributed by atoms with Gasteiger partial charge in [-0.15, -0.1) is 0 Å². The third kappa shape index (κ3) is 5.21. The lowest BCUT2D eigenvalue weighted by molar-refractivity contribution is -0.127. The minimum absolute atomic E-state index is 0.181. The van der Waals surface area contributed by atoms with Crippen LogP contribution in [0.3, 0.4) is 0 Å². The lowest BCUT2D eigenvalue weighted by Crippen LogP contribution is -2.53. The van der Waals surface area contributed by atoms with E-state index in [1.807, 2.05) is 20.8 Å². The van der Waals surface area contributed by atoms with E-state index >= 15 is 0 Å². The van der Waals surface area contributed by atoms with Gasteiger partial charge in [-0.1, -0.05) is 0 Å². The minimum Gasteiger partial charge on any atom is -0.492 e. The molecule has 8 nitrogen and oxygen atoms in total. The van der Waals surface area contributed by atoms with Gasteiger partial charge >= 0.3 is 6.09 Å². The number of carbonyl (C=O) groups excluding carboxylic acids is 2. The molecule has 0 saturated carbocycles. The molecular weight excluding hydrogens is 364 g/mol. The van der Waals surface area contributed by atoms with Crippen LogP contribution in [0.1, 0.15) is 40.0 Å². The number of likely N-dealkylation sites (tertiary alicyclic amines) is 1. The van der Waals surface area contributed by atoms with E-state index in [2.05, 4.69) is 5.32 Å². The molecule has 0 spiro atoms. The minimum atomic E-state index is -0.589. The van der Waals surface area contributed by atoms with Crippen molar-refractivity contribution in [3.63, 3.8) is 0 Å². The number of rotatable bonds is 5. The maximum Gasteiger partial charge on any atom is 0.410 e. The van der Waals surface area contributed by atoms with Gasteiger partial charge in [0, 0.05) is 12.6 Å². The number of fused-ring (bicyclic) bond motifs is 1. The summed E-state index contributed by atoms with van der Waals surface area (Å²) in [6, 6.07) is 4.84. The number of nitrogens with zero attached hydrogens (tertiary/aromatic N) is 1. The highest BCUT2D eigenvalue weighted by atomic mass is 16.7. The lowest BCUT2D eigenvalue weighted by Gasteiger charge is -2.35. The fraction of sp³-hybridized carbons (Fsp3) is 0.600. The number of amides is 2. The molecule has 1 N–H and O–H groups in total. The molecule has 2 aliphatic heterocycles. The monoisotopic (exact) mass is 392 g/mol. The van der Waals surface area contributed by atoms with E-state index in [-0.39, 0.29) is 12.7 Å². The summed E-state index contributed by atoms with van der Waals surface area (Å²) in [5.74, 6) is 1.81. The lowest BCUT2D eigenvalue weighted by atomic mass is 10.0. The highest BCUT2D eigenvalue weighted by Gasteiger charge is 2.34. The number of ether oxygens (including phenoxy) is 4. The Hall–Kier alpha value is -2.64. The van der Waals surface area contributed by atoms with Crippen molar-refractivity contribution in [1.82, 2.24) is 10.2 Å². The normalized spacial score (nSPS) is 18.5. The quantitative estimate of drug-likeness (QED) is 0.776. The molecule has 1 atom stereocenters. The van der Waals surface area contributed by atoms with Gasteiger partial charge in [-0.25, -0.2) is 4.79 Å². The van der Waals surface area contributed by atoms with Gasteiger partial charge in [-0.3, -0.25) is 9.69 Å². The summed E-state index contributed by atoms with van der Waals surface area (Å²) in [5.41, 5.74) is -0.589. The van der Waals surface area contributed by atoms with E-state index < -0.39 is 17.7 Å². The van der Waals surface area contributed by atoms with Crippen molar-refractivity contribution in [3.8, 4) is 17.2 Å². The fourth-order valence-corrected chi connectivity index (χ4v) is 3.17. The van der Waals surface area contributed by atoms with Crippen LogP contribution in [0.2, 0.25) is 0 Å². The maximum atomic E-state index is 12.6. The first-order valence-electron chi connectivity index (χ1n) is 9.63. The number of carbonyl (C=O) groups is 2. The Morgan fingerprint density at radius 1 is 1.21 bits per heavy atom. The van der Waals surface area contributed by atoms with Crippen LogP contribution >= 0.6 is 0 Å². The van der Waals surface area contributed by atoms with Crippen molar-refractivity contribution >= 4 is 12.0 Å². The first kappa shape index (κ1) is 20.1. The Morgan fingerprint density at radius 2 is 2.00 bits per heavy atom. The smallest absolute Gasteiger partial charge is 0.410 e. The van der Waals surface area contributed by atoms with Crippen LogP contribution in [0.15, 0.2) is 18.2 Å². The average molecular weight is 392 g/mol. The van der Waals surface area contributed by atoms with Crippen molar-refractivity contribution in [1.29, 1.82) is 0 Å². The highest BCUT2D eigenvalue weighted by molar-refractivity contribution is 5.85. The Bertz CT molecular complexity index is 715. The zero-order valence-electron chi connectivity index (χ0n) is 16.7. The molecule has 0 bridgehead atoms. The molecule has 0 aliphatic carbocycles. The molecule has 1 fully saturated rings. The zero-order valence-corrected chi connectivity index (χ0v) is 16.7. The molecule has 2 heterocycles. The summed E-state index contributed by atoms with van der Waals surface area (Å²) in [5, 5.41) is 2.85. The summed E-state index contributed by atoms with van der Waals surface area (Å²) in [4.78, 5) is 26.5. The van der Waals surface area contributed by atoms with Gasteiger partial charge in [0.05, 0.1) is 6.54 Å². The second kappa shape index (κ2) is 8.58. The van der Waals surface area contributed by atoms with Crippen molar-refractivity contribution in [2.24, 2.45) is 0 Å². The van der Waals surface area contributed by atoms with Crippen LogP contribution in [0.4, 0.5) is 4.79 Å². The first-order chi connectivity index (χ1) is 13.3. The third-order valence-electron chi connectivity index (χ3n) is 4.45. The van der Waals surface area contributed by atoms with E-state index in [4.69, 9.17) is 18.9 Å². The first-order valence-corrected chi connectivity index (χ1v) is 9.63. The average Bonchev–Trinajstić information content (AvgIpc) is 3.11. The SMILES string of the molecule is CC(C)(C)OC(=O)N1CCCCC1C(=O)NCCOc1ccc2c(c1)OCO2. The van der Waals surface area contributed by atoms with Gasteiger partial charge in [-0.2, -0.15) is 0 Å². The van der Waals surface area contributed by atoms with Gasteiger partial charge in [0.1, 0.15) is 24.0 Å². The van der Waals surface area contributed by atoms with E-state index in [0.717, 1.165) is 12.8 Å². The van der Waals surface area contributed by atoms with Crippen molar-refractivity contribution in [3.05, 3.63) is 18.2 Å². The molecular formula is C20H28N2O6. The van der Waals surface area contributed by atoms with Gasteiger partial charge in [0.15, 0.2) is 11.5 Å². The second-order valence-corrected chi connectivity index (χ2v) is 7.84. The fourth-order valence-electron chi connectivity index (χ4n) is 3.17. The van der Waals surface area contributed by atoms with E-state index in [1.165, 1.54) is 4.90 Å². The molecule has 1 unspecified atom stereocenters. The molecule has 0 radical (unpaired) electrons. The molecule has 2 aliphatic rings. The van der Waals surface area contributed by atoms with Gasteiger partial charge in [0.2, 0.25) is 12.7 Å². The molecule has 154 valence electrons. The summed E-state index contributed by atoms with van der Waals surface area (Å²) >= 11 is 0. The number of piperidine rings is 1. The largest absolute Gasteiger partial charge is 0.492 e. The predicted molar refractivity (Wildman–Crippen MR) is 102 cm³/mol. The number of hydrogen-bond acceptors (Lipinski definition) is 6. The molecule has 1 saturated heterocycles. The molecule has 2 amide bonds. The van der Waals surface area contributed by atoms with Crippen molar-refractivity contribution in [2.75, 3.05) is 26.5 Å². The number of benzene rings is 1. The molecule has 1 aromatic carbocycles. The highest BCUT2D eigenvalue weighted by Crippen LogP contribution is 2.35. The van der Waals surface area contributed by atoms with Crippen LogP contribution in [0.5, 0.6) is 17.2 Å². The summed E-state index contributed by atoms with van der Waals surface area (Å²) in [6.07, 6.45) is 1.97. The van der Waals surface area contributed by atoms with E-state index in [1.54, 1.807) is 18.2 Å². The zero-order chi connectivity index (χ0) is 20.1. The second-order valence-electron chi connectivity index (χ2n) is 7.84. The molecule has 3 rings (SSSR count). The Morgan fingerprint density at radius 3 is 2.79 bits per heavy atom. The topological polar surface area (TPSA) is 86.3 Å². The Kier molecular flexibility index (Phi) is 6.16. The maximum absolute atomic E-state index is 12.6. The predicted octanol–water partition coefficient (Wildman–Crippen LogP) is 2.70. The van der Waals surface area contributed by atoms with E-state index in [9.17, 15) is 9.59 Å². The Balaban J connectivity index is 1.47. The van der Waals surface area contributed by atoms with Gasteiger partial charge in [0.25, 0.3) is 0 Å². The molecule has 0 aromatic heterocycles. The van der Waals surface area contributed by atoms with Crippen LogP contribution in [-0.2, 0) is 9.53 Å². The van der Waals surface area contributed by atoms with Gasteiger partial charge in [-0.05, 0) is 52.2 Å². The molecule has 1 aromatic rings. The van der Waals surface area contributed by atoms with Crippen LogP contribution < -0.4 is 19.5 Å². The standard InChI is InChI=1S/C20H28N2O6/c1-20(2,3)28-19(24)22-10-5-4-6-15(22)18(23)21-9-11-25-14-7-8-16-17(12-14)27-13-26-16/h7-8,12,15H,4-6,9-11,13H2,1-3H3,(H,21,23). The molecule has 8 heteroatoms. The van der Waals surface area contributed by atoms with Crippen molar-refractivity contribution < 1.29 is 28.5 Å². The van der Waals surface area contributed by atoms with Crippen LogP contribution in [0, 0.1) is 0 Å². The Labute approximate surface area is 165 Å².